The molecule has 0 bridgehead atoms. The van der Waals surface area contributed by atoms with Gasteiger partial charge in [-0.05, 0) is 29.1 Å². The number of benzene rings is 1. The number of anilines is 1. The molecule has 0 unspecified atom stereocenters. The number of nitrogens with two attached hydrogens (primary N) is 1. The third kappa shape index (κ3) is 1.98. The number of halogens is 1. The van der Waals surface area contributed by atoms with E-state index < -0.39 is 5.82 Å². The zero-order valence-electron chi connectivity index (χ0n) is 9.76. The van der Waals surface area contributed by atoms with E-state index in [1.165, 1.54) is 23.5 Å². The third-order valence-electron chi connectivity index (χ3n) is 2.77. The van der Waals surface area contributed by atoms with Gasteiger partial charge in [-0.15, -0.1) is 11.3 Å². The summed E-state index contributed by atoms with van der Waals surface area (Å²) in [6.07, 6.45) is 0. The van der Waals surface area contributed by atoms with Crippen molar-refractivity contribution in [2.24, 2.45) is 0 Å². The van der Waals surface area contributed by atoms with Gasteiger partial charge in [-0.3, -0.25) is 0 Å². The van der Waals surface area contributed by atoms with E-state index in [1.54, 1.807) is 12.1 Å². The van der Waals surface area contributed by atoms with Gasteiger partial charge in [0, 0.05) is 0 Å². The van der Waals surface area contributed by atoms with Crippen LogP contribution in [0.15, 0.2) is 46.2 Å². The molecule has 2 heterocycles. The Morgan fingerprint density at radius 3 is 2.74 bits per heavy atom. The number of aromatic hydroxyl groups is 1. The van der Waals surface area contributed by atoms with Crippen molar-refractivity contribution in [3.05, 3.63) is 47.6 Å². The largest absolute Gasteiger partial charge is 0.504 e. The fraction of sp³-hybridized carbons (Fsp3) is 0. The molecular formula is C14H10FNO2S. The van der Waals surface area contributed by atoms with Gasteiger partial charge >= 0.3 is 0 Å². The molecule has 96 valence electrons. The molecule has 0 amide bonds. The summed E-state index contributed by atoms with van der Waals surface area (Å²) in [6.45, 7) is 0. The Kier molecular flexibility index (Phi) is 2.76. The minimum atomic E-state index is -0.393. The fourth-order valence-corrected chi connectivity index (χ4v) is 2.64. The Morgan fingerprint density at radius 1 is 1.21 bits per heavy atom. The van der Waals surface area contributed by atoms with Gasteiger partial charge in [-0.25, -0.2) is 4.39 Å². The van der Waals surface area contributed by atoms with E-state index in [1.807, 2.05) is 17.5 Å². The van der Waals surface area contributed by atoms with Crippen LogP contribution in [-0.4, -0.2) is 5.11 Å². The molecule has 2 aromatic heterocycles. The molecule has 0 fully saturated rings. The molecule has 0 saturated heterocycles. The minimum Gasteiger partial charge on any atom is -0.504 e. The monoisotopic (exact) mass is 275 g/mol. The highest BCUT2D eigenvalue weighted by atomic mass is 32.1. The van der Waals surface area contributed by atoms with Crippen LogP contribution in [0.4, 0.5) is 10.3 Å². The van der Waals surface area contributed by atoms with Gasteiger partial charge in [0.05, 0.1) is 10.4 Å². The summed E-state index contributed by atoms with van der Waals surface area (Å²) >= 11 is 1.43. The Bertz CT molecular complexity index is 719. The lowest BCUT2D eigenvalue weighted by molar-refractivity contribution is 0.467. The molecule has 3 nitrogen and oxygen atoms in total. The van der Waals surface area contributed by atoms with E-state index in [0.717, 1.165) is 4.88 Å². The molecule has 19 heavy (non-hydrogen) atoms. The Hall–Kier alpha value is -2.27. The smallest absolute Gasteiger partial charge is 0.202 e. The van der Waals surface area contributed by atoms with Crippen molar-refractivity contribution in [3.8, 4) is 27.5 Å². The van der Waals surface area contributed by atoms with E-state index in [4.69, 9.17) is 10.2 Å². The second-order valence-corrected chi connectivity index (χ2v) is 4.95. The van der Waals surface area contributed by atoms with Crippen molar-refractivity contribution in [1.82, 2.24) is 0 Å². The van der Waals surface area contributed by atoms with E-state index in [-0.39, 0.29) is 11.6 Å². The Balaban J connectivity index is 2.18. The van der Waals surface area contributed by atoms with E-state index in [0.29, 0.717) is 16.9 Å². The van der Waals surface area contributed by atoms with Crippen LogP contribution in [0.1, 0.15) is 0 Å². The quantitative estimate of drug-likeness (QED) is 0.740. The van der Waals surface area contributed by atoms with Crippen LogP contribution in [0.5, 0.6) is 5.75 Å². The van der Waals surface area contributed by atoms with Crippen LogP contribution in [0.25, 0.3) is 21.8 Å². The first-order chi connectivity index (χ1) is 9.16. The molecule has 1 aromatic carbocycles. The first-order valence-electron chi connectivity index (χ1n) is 5.58. The van der Waals surface area contributed by atoms with Gasteiger partial charge in [0.25, 0.3) is 0 Å². The first-order valence-corrected chi connectivity index (χ1v) is 6.46. The van der Waals surface area contributed by atoms with Crippen LogP contribution < -0.4 is 5.73 Å². The minimum absolute atomic E-state index is 0.0643. The predicted molar refractivity (Wildman–Crippen MR) is 73.5 cm³/mol. The highest BCUT2D eigenvalue weighted by Crippen LogP contribution is 2.45. The number of hydrogen-bond donors (Lipinski definition) is 2. The Labute approximate surface area is 112 Å². The second kappa shape index (κ2) is 4.44. The van der Waals surface area contributed by atoms with Crippen molar-refractivity contribution in [3.63, 3.8) is 0 Å². The molecule has 0 spiro atoms. The van der Waals surface area contributed by atoms with Crippen molar-refractivity contribution in [1.29, 1.82) is 0 Å². The average Bonchev–Trinajstić information content (AvgIpc) is 2.97. The normalized spacial score (nSPS) is 10.8. The van der Waals surface area contributed by atoms with Crippen LogP contribution >= 0.6 is 11.3 Å². The van der Waals surface area contributed by atoms with E-state index in [2.05, 4.69) is 0 Å². The number of nitrogen functional groups attached to an aromatic ring is 1. The predicted octanol–water partition coefficient (Wildman–Crippen LogP) is 4.10. The molecule has 0 saturated carbocycles. The van der Waals surface area contributed by atoms with Gasteiger partial charge in [-0.1, -0.05) is 18.2 Å². The second-order valence-electron chi connectivity index (χ2n) is 4.01. The summed E-state index contributed by atoms with van der Waals surface area (Å²) in [5.41, 5.74) is 6.60. The summed E-state index contributed by atoms with van der Waals surface area (Å²) in [7, 11) is 0. The molecule has 0 radical (unpaired) electrons. The van der Waals surface area contributed by atoms with Crippen LogP contribution in [0.3, 0.4) is 0 Å². The highest BCUT2D eigenvalue weighted by Gasteiger charge is 2.21. The fourth-order valence-electron chi connectivity index (χ4n) is 1.94. The molecule has 3 aromatic rings. The maximum absolute atomic E-state index is 13.2. The van der Waals surface area contributed by atoms with Gasteiger partial charge in [0.2, 0.25) is 5.88 Å². The van der Waals surface area contributed by atoms with Crippen LogP contribution in [0.2, 0.25) is 0 Å². The standard InChI is InChI=1S/C14H10FNO2S/c15-9-4-1-3-8(7-9)11-12(17)13(18-14(11)16)10-5-2-6-19-10/h1-7,17H,16H2. The molecule has 3 rings (SSSR count). The van der Waals surface area contributed by atoms with Gasteiger partial charge < -0.3 is 15.3 Å². The van der Waals surface area contributed by atoms with E-state index in [9.17, 15) is 9.50 Å². The number of rotatable bonds is 2. The zero-order valence-corrected chi connectivity index (χ0v) is 10.6. The maximum Gasteiger partial charge on any atom is 0.202 e. The van der Waals surface area contributed by atoms with Crippen LogP contribution in [0, 0.1) is 5.82 Å². The SMILES string of the molecule is Nc1oc(-c2cccs2)c(O)c1-c1cccc(F)c1. The lowest BCUT2D eigenvalue weighted by atomic mass is 10.1. The topological polar surface area (TPSA) is 59.4 Å². The summed E-state index contributed by atoms with van der Waals surface area (Å²) in [6, 6.07) is 9.53. The number of hydrogen-bond acceptors (Lipinski definition) is 4. The first kappa shape index (κ1) is 11.8. The van der Waals surface area contributed by atoms with Crippen molar-refractivity contribution in [2.75, 3.05) is 5.73 Å². The molecule has 0 aliphatic heterocycles. The third-order valence-corrected chi connectivity index (χ3v) is 3.64. The summed E-state index contributed by atoms with van der Waals surface area (Å²) < 4.78 is 18.6. The van der Waals surface area contributed by atoms with Gasteiger partial charge in [-0.2, -0.15) is 0 Å². The number of thiophene rings is 1. The lowest BCUT2D eigenvalue weighted by Gasteiger charge is -2.00. The van der Waals surface area contributed by atoms with Crippen molar-refractivity contribution in [2.45, 2.75) is 0 Å². The molecule has 0 atom stereocenters. The van der Waals surface area contributed by atoms with Gasteiger partial charge in [0.15, 0.2) is 11.5 Å². The lowest BCUT2D eigenvalue weighted by Crippen LogP contribution is -1.85. The average molecular weight is 275 g/mol. The van der Waals surface area contributed by atoms with E-state index >= 15 is 0 Å². The molecule has 0 aliphatic rings. The molecule has 3 N–H and O–H groups in total. The molecule has 0 aliphatic carbocycles. The van der Waals surface area contributed by atoms with Crippen molar-refractivity contribution >= 4 is 17.2 Å². The number of furan rings is 1. The van der Waals surface area contributed by atoms with Gasteiger partial charge in [0.1, 0.15) is 5.82 Å². The summed E-state index contributed by atoms with van der Waals surface area (Å²) in [5.74, 6) is -0.0704. The summed E-state index contributed by atoms with van der Waals surface area (Å²) in [4.78, 5) is 0.770. The zero-order chi connectivity index (χ0) is 13.4. The maximum atomic E-state index is 13.2. The molecular weight excluding hydrogens is 265 g/mol. The van der Waals surface area contributed by atoms with Crippen LogP contribution in [-0.2, 0) is 0 Å². The summed E-state index contributed by atoms with van der Waals surface area (Å²) in [5, 5.41) is 12.1. The highest BCUT2D eigenvalue weighted by molar-refractivity contribution is 7.13. The Morgan fingerprint density at radius 2 is 2.05 bits per heavy atom. The molecule has 5 heteroatoms. The van der Waals surface area contributed by atoms with Crippen molar-refractivity contribution < 1.29 is 13.9 Å².